The molecule has 0 aromatic carbocycles. The number of nitrogens with zero attached hydrogens (tertiary/aromatic N) is 2. The molecule has 0 radical (unpaired) electrons. The van der Waals surface area contributed by atoms with Crippen molar-refractivity contribution in [3.05, 3.63) is 30.1 Å². The van der Waals surface area contributed by atoms with E-state index in [9.17, 15) is 9.59 Å². The number of nitrogens with one attached hydrogen (secondary N) is 1. The van der Waals surface area contributed by atoms with E-state index >= 15 is 0 Å². The van der Waals surface area contributed by atoms with Crippen molar-refractivity contribution >= 4 is 12.0 Å². The van der Waals surface area contributed by atoms with Gasteiger partial charge in [-0.05, 0) is 11.6 Å². The Bertz CT molecular complexity index is 466. The quantitative estimate of drug-likeness (QED) is 0.750. The second-order valence-electron chi connectivity index (χ2n) is 4.37. The van der Waals surface area contributed by atoms with E-state index in [4.69, 9.17) is 9.47 Å². The number of aromatic nitrogens is 1. The van der Waals surface area contributed by atoms with E-state index < -0.39 is 12.1 Å². The van der Waals surface area contributed by atoms with Gasteiger partial charge in [0.1, 0.15) is 12.6 Å². The third kappa shape index (κ3) is 3.45. The zero-order valence-corrected chi connectivity index (χ0v) is 11.2. The fourth-order valence-corrected chi connectivity index (χ4v) is 1.92. The Kier molecular flexibility index (Phi) is 4.89. The number of rotatable bonds is 6. The van der Waals surface area contributed by atoms with Gasteiger partial charge in [-0.3, -0.25) is 14.7 Å². The maximum absolute atomic E-state index is 12.0. The van der Waals surface area contributed by atoms with E-state index in [-0.39, 0.29) is 12.5 Å². The summed E-state index contributed by atoms with van der Waals surface area (Å²) in [5.41, 5.74) is 0.848. The van der Waals surface area contributed by atoms with Crippen molar-refractivity contribution in [3.63, 3.8) is 0 Å². The Morgan fingerprint density at radius 3 is 3.20 bits per heavy atom. The molecule has 1 fully saturated rings. The summed E-state index contributed by atoms with van der Waals surface area (Å²) in [6.45, 7) is 1.20. The predicted molar refractivity (Wildman–Crippen MR) is 69.8 cm³/mol. The average Bonchev–Trinajstić information content (AvgIpc) is 2.82. The molecule has 1 aromatic heterocycles. The van der Waals surface area contributed by atoms with E-state index in [0.29, 0.717) is 19.7 Å². The Hall–Kier alpha value is -2.15. The summed E-state index contributed by atoms with van der Waals surface area (Å²) in [5, 5.41) is 2.71. The highest BCUT2D eigenvalue weighted by Gasteiger charge is 2.37. The molecule has 7 nitrogen and oxygen atoms in total. The normalized spacial score (nSPS) is 17.9. The zero-order chi connectivity index (χ0) is 14.4. The summed E-state index contributed by atoms with van der Waals surface area (Å²) in [5.74, 6) is -0.239. The topological polar surface area (TPSA) is 80.8 Å². The van der Waals surface area contributed by atoms with E-state index in [1.54, 1.807) is 25.6 Å². The highest BCUT2D eigenvalue weighted by Crippen LogP contribution is 2.16. The van der Waals surface area contributed by atoms with Gasteiger partial charge in [-0.15, -0.1) is 0 Å². The van der Waals surface area contributed by atoms with Crippen LogP contribution >= 0.6 is 0 Å². The number of hydrogen-bond donors (Lipinski definition) is 1. The van der Waals surface area contributed by atoms with Crippen LogP contribution in [0.4, 0.5) is 4.79 Å². The van der Waals surface area contributed by atoms with Crippen LogP contribution in [-0.2, 0) is 20.8 Å². The van der Waals surface area contributed by atoms with Crippen molar-refractivity contribution in [2.24, 2.45) is 0 Å². The first-order chi connectivity index (χ1) is 9.72. The molecule has 0 spiro atoms. The Balaban J connectivity index is 1.97. The number of carbonyl (C=O) groups is 2. The smallest absolute Gasteiger partial charge is 0.410 e. The number of cyclic esters (lactones) is 1. The molecule has 1 aliphatic heterocycles. The molecule has 0 aliphatic carbocycles. The van der Waals surface area contributed by atoms with Gasteiger partial charge in [0.15, 0.2) is 0 Å². The molecule has 2 heterocycles. The Morgan fingerprint density at radius 2 is 2.50 bits per heavy atom. The molecule has 1 saturated heterocycles. The molecule has 2 amide bonds. The molecule has 7 heteroatoms. The summed E-state index contributed by atoms with van der Waals surface area (Å²) in [6.07, 6.45) is 2.83. The van der Waals surface area contributed by atoms with Crippen molar-refractivity contribution in [1.29, 1.82) is 0 Å². The molecule has 108 valence electrons. The zero-order valence-electron chi connectivity index (χ0n) is 11.2. The first-order valence-electron chi connectivity index (χ1n) is 6.31. The standard InChI is InChI=1S/C13H17N3O4/c1-19-6-5-15-12(17)11-9-20-13(18)16(11)8-10-3-2-4-14-7-10/h2-4,7,11H,5-6,8-9H2,1H3,(H,15,17)/t11-/m0/s1. The summed E-state index contributed by atoms with van der Waals surface area (Å²) in [4.78, 5) is 29.1. The molecule has 0 saturated carbocycles. The van der Waals surface area contributed by atoms with E-state index in [2.05, 4.69) is 10.3 Å². The lowest BCUT2D eigenvalue weighted by Crippen LogP contribution is -2.46. The van der Waals surface area contributed by atoms with Crippen LogP contribution in [0.25, 0.3) is 0 Å². The second-order valence-corrected chi connectivity index (χ2v) is 4.37. The van der Waals surface area contributed by atoms with Gasteiger partial charge in [-0.1, -0.05) is 6.07 Å². The van der Waals surface area contributed by atoms with Crippen LogP contribution in [0.15, 0.2) is 24.5 Å². The number of methoxy groups -OCH3 is 1. The lowest BCUT2D eigenvalue weighted by Gasteiger charge is -2.20. The summed E-state index contributed by atoms with van der Waals surface area (Å²) in [6, 6.07) is 3.02. The van der Waals surface area contributed by atoms with Gasteiger partial charge in [0, 0.05) is 26.0 Å². The van der Waals surface area contributed by atoms with Crippen LogP contribution in [0.5, 0.6) is 0 Å². The maximum atomic E-state index is 12.0. The summed E-state index contributed by atoms with van der Waals surface area (Å²) in [7, 11) is 1.56. The minimum absolute atomic E-state index is 0.0674. The number of amides is 2. The largest absolute Gasteiger partial charge is 0.447 e. The number of ether oxygens (including phenoxy) is 2. The molecular formula is C13H17N3O4. The van der Waals surface area contributed by atoms with Gasteiger partial charge in [0.05, 0.1) is 13.2 Å². The minimum atomic E-state index is -0.612. The summed E-state index contributed by atoms with van der Waals surface area (Å²) < 4.78 is 9.82. The van der Waals surface area contributed by atoms with E-state index in [0.717, 1.165) is 5.56 Å². The third-order valence-electron chi connectivity index (χ3n) is 2.96. The highest BCUT2D eigenvalue weighted by atomic mass is 16.6. The van der Waals surface area contributed by atoms with Crippen LogP contribution in [0.1, 0.15) is 5.56 Å². The Morgan fingerprint density at radius 1 is 1.65 bits per heavy atom. The van der Waals surface area contributed by atoms with Crippen LogP contribution in [0, 0.1) is 0 Å². The van der Waals surface area contributed by atoms with Gasteiger partial charge in [-0.25, -0.2) is 4.79 Å². The van der Waals surface area contributed by atoms with Crippen LogP contribution < -0.4 is 5.32 Å². The van der Waals surface area contributed by atoms with Crippen molar-refractivity contribution in [2.75, 3.05) is 26.9 Å². The maximum Gasteiger partial charge on any atom is 0.410 e. The monoisotopic (exact) mass is 279 g/mol. The molecule has 1 atom stereocenters. The SMILES string of the molecule is COCCNC(=O)[C@@H]1COC(=O)N1Cc1cccnc1. The molecule has 1 aliphatic rings. The van der Waals surface area contributed by atoms with Crippen molar-refractivity contribution in [1.82, 2.24) is 15.2 Å². The first kappa shape index (κ1) is 14.3. The first-order valence-corrected chi connectivity index (χ1v) is 6.31. The fourth-order valence-electron chi connectivity index (χ4n) is 1.92. The van der Waals surface area contributed by atoms with Gasteiger partial charge >= 0.3 is 6.09 Å². The van der Waals surface area contributed by atoms with Crippen molar-refractivity contribution in [3.8, 4) is 0 Å². The number of pyridine rings is 1. The number of hydrogen-bond acceptors (Lipinski definition) is 5. The molecule has 20 heavy (non-hydrogen) atoms. The van der Waals surface area contributed by atoms with Gasteiger partial charge in [0.25, 0.3) is 0 Å². The van der Waals surface area contributed by atoms with Crippen LogP contribution in [0.2, 0.25) is 0 Å². The minimum Gasteiger partial charge on any atom is -0.447 e. The van der Waals surface area contributed by atoms with Crippen molar-refractivity contribution in [2.45, 2.75) is 12.6 Å². The molecule has 1 N–H and O–H groups in total. The van der Waals surface area contributed by atoms with Crippen LogP contribution in [-0.4, -0.2) is 54.8 Å². The fraction of sp³-hybridized carbons (Fsp3) is 0.462. The lowest BCUT2D eigenvalue weighted by molar-refractivity contribution is -0.125. The lowest BCUT2D eigenvalue weighted by atomic mass is 10.2. The number of carbonyl (C=O) groups excluding carboxylic acids is 2. The molecule has 0 bridgehead atoms. The van der Waals surface area contributed by atoms with Gasteiger partial charge in [0.2, 0.25) is 5.91 Å². The van der Waals surface area contributed by atoms with Gasteiger partial charge < -0.3 is 14.8 Å². The Labute approximate surface area is 116 Å². The molecule has 0 unspecified atom stereocenters. The second kappa shape index (κ2) is 6.85. The van der Waals surface area contributed by atoms with E-state index in [1.807, 2.05) is 6.07 Å². The molecule has 2 rings (SSSR count). The van der Waals surface area contributed by atoms with Crippen LogP contribution in [0.3, 0.4) is 0 Å². The average molecular weight is 279 g/mol. The molecule has 1 aromatic rings. The van der Waals surface area contributed by atoms with Crippen molar-refractivity contribution < 1.29 is 19.1 Å². The van der Waals surface area contributed by atoms with E-state index in [1.165, 1.54) is 4.90 Å². The highest BCUT2D eigenvalue weighted by molar-refractivity contribution is 5.87. The summed E-state index contributed by atoms with van der Waals surface area (Å²) >= 11 is 0. The van der Waals surface area contributed by atoms with Gasteiger partial charge in [-0.2, -0.15) is 0 Å². The molecular weight excluding hydrogens is 262 g/mol. The third-order valence-corrected chi connectivity index (χ3v) is 2.96. The predicted octanol–water partition coefficient (Wildman–Crippen LogP) is 0.165.